The molecular formula is C20H22FN3O6S. The maximum Gasteiger partial charge on any atom is 0.353 e. The van der Waals surface area contributed by atoms with Crippen LogP contribution in [-0.4, -0.2) is 46.5 Å². The number of aliphatic hydroxyl groups is 1. The van der Waals surface area contributed by atoms with E-state index in [9.17, 15) is 18.8 Å². The predicted octanol–water partition coefficient (Wildman–Crippen LogP) is 1.52. The van der Waals surface area contributed by atoms with Gasteiger partial charge in [-0.25, -0.2) is 14.0 Å². The lowest BCUT2D eigenvalue weighted by molar-refractivity contribution is -0.144. The van der Waals surface area contributed by atoms with Crippen molar-refractivity contribution in [1.29, 1.82) is 5.41 Å². The van der Waals surface area contributed by atoms with Crippen LogP contribution in [0.3, 0.4) is 0 Å². The average molecular weight is 451 g/mol. The number of hydrogen-bond donors (Lipinski definition) is 5. The van der Waals surface area contributed by atoms with Gasteiger partial charge in [-0.3, -0.25) is 10.2 Å². The number of aliphatic carboxylic acids is 1. The van der Waals surface area contributed by atoms with Crippen LogP contribution in [0.5, 0.6) is 5.75 Å². The van der Waals surface area contributed by atoms with Gasteiger partial charge in [0.05, 0.1) is 6.61 Å². The Labute approximate surface area is 181 Å². The van der Waals surface area contributed by atoms with Crippen molar-refractivity contribution in [2.75, 3.05) is 6.61 Å². The van der Waals surface area contributed by atoms with Gasteiger partial charge in [0.25, 0.3) is 0 Å². The number of ether oxygens (including phenoxy) is 1. The molecule has 31 heavy (non-hydrogen) atoms. The summed E-state index contributed by atoms with van der Waals surface area (Å²) in [6.07, 6.45) is 0.191. The van der Waals surface area contributed by atoms with Gasteiger partial charge < -0.3 is 26.0 Å². The minimum atomic E-state index is -1.41. The van der Waals surface area contributed by atoms with Crippen LogP contribution < -0.4 is 15.8 Å². The van der Waals surface area contributed by atoms with Crippen molar-refractivity contribution < 1.29 is 33.7 Å². The number of thiophene rings is 1. The molecule has 6 N–H and O–H groups in total. The van der Waals surface area contributed by atoms with Gasteiger partial charge >= 0.3 is 11.9 Å². The summed E-state index contributed by atoms with van der Waals surface area (Å²) in [7, 11) is 0. The van der Waals surface area contributed by atoms with E-state index in [0.29, 0.717) is 4.88 Å². The maximum atomic E-state index is 14.1. The average Bonchev–Trinajstić information content (AvgIpc) is 3.14. The lowest BCUT2D eigenvalue weighted by Crippen LogP contribution is -2.48. The van der Waals surface area contributed by atoms with Crippen LogP contribution in [0, 0.1) is 16.6 Å². The van der Waals surface area contributed by atoms with Crippen LogP contribution in [0.15, 0.2) is 30.3 Å². The van der Waals surface area contributed by atoms with E-state index >= 15 is 0 Å². The van der Waals surface area contributed by atoms with Crippen LogP contribution in [0.1, 0.15) is 34.0 Å². The van der Waals surface area contributed by atoms with Crippen LogP contribution in [0.25, 0.3) is 0 Å². The number of nitrogens with two attached hydrogens (primary N) is 1. The summed E-state index contributed by atoms with van der Waals surface area (Å²) in [5.74, 6) is -4.18. The first-order valence-corrected chi connectivity index (χ1v) is 9.85. The van der Waals surface area contributed by atoms with Crippen molar-refractivity contribution in [2.24, 2.45) is 11.1 Å². The van der Waals surface area contributed by atoms with Crippen molar-refractivity contribution in [3.8, 4) is 5.75 Å². The zero-order chi connectivity index (χ0) is 23.3. The molecule has 166 valence electrons. The Hall–Kier alpha value is -3.31. The lowest BCUT2D eigenvalue weighted by Gasteiger charge is -2.24. The Morgan fingerprint density at radius 3 is 2.52 bits per heavy atom. The molecule has 0 aliphatic carbocycles. The summed E-state index contributed by atoms with van der Waals surface area (Å²) in [5, 5.41) is 27.6. The fraction of sp³-hybridized carbons (Fsp3) is 0.300. The van der Waals surface area contributed by atoms with E-state index in [4.69, 9.17) is 26.1 Å². The fourth-order valence-electron chi connectivity index (χ4n) is 2.54. The third-order valence-corrected chi connectivity index (χ3v) is 5.39. The zero-order valence-electron chi connectivity index (χ0n) is 16.8. The zero-order valence-corrected chi connectivity index (χ0v) is 17.6. The number of amides is 1. The van der Waals surface area contributed by atoms with E-state index in [-0.39, 0.29) is 28.4 Å². The summed E-state index contributed by atoms with van der Waals surface area (Å²) in [5.41, 5.74) is 4.42. The largest absolute Gasteiger partial charge is 0.480 e. The maximum absolute atomic E-state index is 14.1. The molecule has 1 amide bonds. The van der Waals surface area contributed by atoms with Gasteiger partial charge in [0.2, 0.25) is 5.91 Å². The normalized spacial score (nSPS) is 12.1. The first-order valence-electron chi connectivity index (χ1n) is 9.04. The van der Waals surface area contributed by atoms with Gasteiger partial charge in [-0.1, -0.05) is 13.8 Å². The Kier molecular flexibility index (Phi) is 7.47. The highest BCUT2D eigenvalue weighted by Gasteiger charge is 2.32. The monoisotopic (exact) mass is 451 g/mol. The topological polar surface area (TPSA) is 163 Å². The molecule has 0 saturated heterocycles. The summed E-state index contributed by atoms with van der Waals surface area (Å²) in [4.78, 5) is 36.6. The third kappa shape index (κ3) is 6.09. The molecule has 0 bridgehead atoms. The Morgan fingerprint density at radius 2 is 1.97 bits per heavy atom. The van der Waals surface area contributed by atoms with E-state index in [1.54, 1.807) is 19.9 Å². The number of carboxylic acid groups (broad SMARTS) is 1. The third-order valence-electron chi connectivity index (χ3n) is 4.33. The molecule has 0 saturated carbocycles. The van der Waals surface area contributed by atoms with Crippen molar-refractivity contribution in [1.82, 2.24) is 5.32 Å². The van der Waals surface area contributed by atoms with Gasteiger partial charge in [-0.2, -0.15) is 0 Å². The molecule has 1 atom stereocenters. The number of nitrogens with one attached hydrogen (secondary N) is 2. The van der Waals surface area contributed by atoms with Crippen LogP contribution >= 0.6 is 11.3 Å². The van der Waals surface area contributed by atoms with E-state index in [2.05, 4.69) is 5.32 Å². The van der Waals surface area contributed by atoms with E-state index in [1.807, 2.05) is 0 Å². The Balaban J connectivity index is 2.07. The number of aliphatic hydroxyl groups excluding tert-OH is 1. The van der Waals surface area contributed by atoms with Crippen molar-refractivity contribution in [2.45, 2.75) is 26.3 Å². The SMILES string of the molecule is CC(C)(Cc1ccc(C(=O)Oc2ccc(C(=N)N)cc2F)s1)C(=O)NC(CO)C(=O)O. The van der Waals surface area contributed by atoms with Gasteiger partial charge in [-0.15, -0.1) is 11.3 Å². The van der Waals surface area contributed by atoms with E-state index in [1.165, 1.54) is 18.2 Å². The molecule has 9 nitrogen and oxygen atoms in total. The van der Waals surface area contributed by atoms with Gasteiger partial charge in [-0.05, 0) is 36.8 Å². The van der Waals surface area contributed by atoms with Crippen molar-refractivity contribution in [3.63, 3.8) is 0 Å². The molecule has 0 spiro atoms. The number of rotatable bonds is 9. The number of benzene rings is 1. The first kappa shape index (κ1) is 24.0. The summed E-state index contributed by atoms with van der Waals surface area (Å²) < 4.78 is 19.1. The smallest absolute Gasteiger partial charge is 0.353 e. The van der Waals surface area contributed by atoms with E-state index in [0.717, 1.165) is 17.4 Å². The molecule has 11 heteroatoms. The van der Waals surface area contributed by atoms with Crippen LogP contribution in [-0.2, 0) is 16.0 Å². The summed E-state index contributed by atoms with van der Waals surface area (Å²) >= 11 is 1.05. The number of carbonyl (C=O) groups is 3. The molecule has 0 aliphatic rings. The molecule has 0 aliphatic heterocycles. The predicted molar refractivity (Wildman–Crippen MR) is 111 cm³/mol. The molecule has 2 aromatic rings. The number of amidine groups is 1. The van der Waals surface area contributed by atoms with Gasteiger partial charge in [0.1, 0.15) is 16.8 Å². The molecule has 0 fully saturated rings. The van der Waals surface area contributed by atoms with Crippen molar-refractivity contribution >= 4 is 35.0 Å². The minimum absolute atomic E-state index is 0.155. The van der Waals surface area contributed by atoms with Gasteiger partial charge in [0, 0.05) is 15.9 Å². The van der Waals surface area contributed by atoms with Gasteiger partial charge in [0.15, 0.2) is 11.6 Å². The molecule has 1 aromatic heterocycles. The number of halogens is 1. The second-order valence-electron chi connectivity index (χ2n) is 7.32. The standard InChI is InChI=1S/C20H22FN3O6S/c1-20(2,19(29)24-13(9-25)17(26)27)8-11-4-6-15(31-11)18(28)30-14-5-3-10(16(22)23)7-12(14)21/h3-7,13,25H,8-9H2,1-2H3,(H3,22,23)(H,24,29)(H,26,27). The fourth-order valence-corrected chi connectivity index (χ4v) is 3.65. The van der Waals surface area contributed by atoms with Crippen molar-refractivity contribution in [3.05, 3.63) is 51.5 Å². The number of hydrogen-bond acceptors (Lipinski definition) is 7. The van der Waals surface area contributed by atoms with Crippen LogP contribution in [0.2, 0.25) is 0 Å². The number of carbonyl (C=O) groups excluding carboxylic acids is 2. The summed E-state index contributed by atoms with van der Waals surface area (Å²) in [6.45, 7) is 2.46. The second kappa shape index (κ2) is 9.67. The van der Waals surface area contributed by atoms with E-state index < -0.39 is 41.7 Å². The number of nitrogen functional groups attached to an aromatic ring is 1. The quantitative estimate of drug-likeness (QED) is 0.167. The molecule has 2 rings (SSSR count). The first-order chi connectivity index (χ1) is 14.4. The highest BCUT2D eigenvalue weighted by Crippen LogP contribution is 2.28. The molecular weight excluding hydrogens is 429 g/mol. The molecule has 1 unspecified atom stereocenters. The Bertz CT molecular complexity index is 1020. The number of carboxylic acids is 1. The molecule has 1 aromatic carbocycles. The lowest BCUT2D eigenvalue weighted by atomic mass is 9.87. The summed E-state index contributed by atoms with van der Waals surface area (Å²) in [6, 6.07) is 5.23. The second-order valence-corrected chi connectivity index (χ2v) is 8.49. The molecule has 0 radical (unpaired) electrons. The minimum Gasteiger partial charge on any atom is -0.480 e. The number of esters is 1. The van der Waals surface area contributed by atoms with Crippen LogP contribution in [0.4, 0.5) is 4.39 Å². The Morgan fingerprint density at radius 1 is 1.29 bits per heavy atom. The highest BCUT2D eigenvalue weighted by atomic mass is 32.1. The molecule has 1 heterocycles. The highest BCUT2D eigenvalue weighted by molar-refractivity contribution is 7.14.